The number of halogens is 2. The normalized spacial score (nSPS) is 10.4. The third-order valence-electron chi connectivity index (χ3n) is 1.34. The Balaban J connectivity index is 0. The van der Waals surface area contributed by atoms with Crippen LogP contribution in [0, 0.1) is 5.92 Å². The molecule has 0 aromatic rings. The van der Waals surface area contributed by atoms with Gasteiger partial charge in [0.25, 0.3) is 0 Å². The molecule has 0 bridgehead atoms. The molecule has 0 heterocycles. The van der Waals surface area contributed by atoms with Crippen LogP contribution < -0.4 is 0 Å². The topological polar surface area (TPSA) is 74.6 Å². The highest BCUT2D eigenvalue weighted by Crippen LogP contribution is 2.33. The average molecular weight is 360 g/mol. The summed E-state index contributed by atoms with van der Waals surface area (Å²) in [7, 11) is 0. The van der Waals surface area contributed by atoms with Crippen molar-refractivity contribution < 1.29 is 19.8 Å². The van der Waals surface area contributed by atoms with E-state index < -0.39 is 15.2 Å². The first-order valence-electron chi connectivity index (χ1n) is 4.50. The molecule has 94 valence electrons. The summed E-state index contributed by atoms with van der Waals surface area (Å²) < 4.78 is -0.936. The minimum Gasteiger partial charge on any atom is -0.480 e. The third kappa shape index (κ3) is 10.2. The summed E-state index contributed by atoms with van der Waals surface area (Å²) in [5, 5.41) is 16.5. The highest BCUT2D eigenvalue weighted by Gasteiger charge is 2.32. The molecule has 0 saturated heterocycles. The number of carbonyl (C=O) groups is 2. The van der Waals surface area contributed by atoms with Crippen molar-refractivity contribution in [2.75, 3.05) is 0 Å². The highest BCUT2D eigenvalue weighted by atomic mass is 79.9. The van der Waals surface area contributed by atoms with Crippen molar-refractivity contribution in [1.82, 2.24) is 0 Å². The Morgan fingerprint density at radius 1 is 1.31 bits per heavy atom. The summed E-state index contributed by atoms with van der Waals surface area (Å²) in [6.07, 6.45) is 0.572. The van der Waals surface area contributed by atoms with Crippen molar-refractivity contribution in [3.05, 3.63) is 12.2 Å². The van der Waals surface area contributed by atoms with Crippen LogP contribution in [0.3, 0.4) is 0 Å². The number of rotatable bonds is 4. The van der Waals surface area contributed by atoms with Crippen molar-refractivity contribution in [2.24, 2.45) is 5.92 Å². The highest BCUT2D eigenvalue weighted by molar-refractivity contribution is 9.25. The van der Waals surface area contributed by atoms with Crippen molar-refractivity contribution in [1.29, 1.82) is 0 Å². The maximum Gasteiger partial charge on any atom is 0.331 e. The van der Waals surface area contributed by atoms with Crippen LogP contribution in [-0.2, 0) is 9.59 Å². The van der Waals surface area contributed by atoms with Crippen molar-refractivity contribution in [2.45, 2.75) is 30.4 Å². The summed E-state index contributed by atoms with van der Waals surface area (Å²) in [4.78, 5) is 20.1. The van der Waals surface area contributed by atoms with Crippen molar-refractivity contribution in [3.63, 3.8) is 0 Å². The summed E-state index contributed by atoms with van der Waals surface area (Å²) in [5.74, 6) is -1.45. The van der Waals surface area contributed by atoms with E-state index in [4.69, 9.17) is 10.2 Å². The van der Waals surface area contributed by atoms with Crippen LogP contribution >= 0.6 is 31.9 Å². The molecule has 0 saturated carbocycles. The van der Waals surface area contributed by atoms with Gasteiger partial charge in [-0.25, -0.2) is 9.59 Å². The quantitative estimate of drug-likeness (QED) is 0.596. The lowest BCUT2D eigenvalue weighted by Crippen LogP contribution is -2.25. The van der Waals surface area contributed by atoms with Gasteiger partial charge in [-0.2, -0.15) is 0 Å². The zero-order valence-electron chi connectivity index (χ0n) is 9.46. The molecule has 2 N–H and O–H groups in total. The third-order valence-corrected chi connectivity index (χ3v) is 2.67. The van der Waals surface area contributed by atoms with Crippen molar-refractivity contribution in [3.8, 4) is 0 Å². The van der Waals surface area contributed by atoms with Crippen LogP contribution in [0.1, 0.15) is 27.2 Å². The van der Waals surface area contributed by atoms with Gasteiger partial charge in [0, 0.05) is 5.57 Å². The van der Waals surface area contributed by atoms with Crippen LogP contribution in [0.2, 0.25) is 0 Å². The maximum absolute atomic E-state index is 10.5. The van der Waals surface area contributed by atoms with Gasteiger partial charge in [-0.1, -0.05) is 52.3 Å². The van der Waals surface area contributed by atoms with Gasteiger partial charge in [-0.3, -0.25) is 0 Å². The van der Waals surface area contributed by atoms with E-state index >= 15 is 0 Å². The SMILES string of the molecule is C=C(C)C(=O)O.CC(C)CC(Br)(Br)C(=O)O. The fraction of sp³-hybridized carbons (Fsp3) is 0.600. The Morgan fingerprint density at radius 2 is 1.62 bits per heavy atom. The number of hydrogen-bond donors (Lipinski definition) is 2. The molecule has 0 radical (unpaired) electrons. The lowest BCUT2D eigenvalue weighted by atomic mass is 10.1. The van der Waals surface area contributed by atoms with Gasteiger partial charge in [-0.15, -0.1) is 0 Å². The molecule has 0 aliphatic rings. The molecule has 0 rings (SSSR count). The van der Waals surface area contributed by atoms with E-state index in [1.807, 2.05) is 13.8 Å². The molecule has 16 heavy (non-hydrogen) atoms. The van der Waals surface area contributed by atoms with Gasteiger partial charge in [0.1, 0.15) is 0 Å². The van der Waals surface area contributed by atoms with Gasteiger partial charge in [0.2, 0.25) is 0 Å². The molecule has 0 aromatic heterocycles. The molecule has 0 spiro atoms. The Hall–Kier alpha value is -0.360. The molecule has 0 unspecified atom stereocenters. The van der Waals surface area contributed by atoms with Crippen LogP contribution in [0.4, 0.5) is 0 Å². The number of hydrogen-bond acceptors (Lipinski definition) is 2. The lowest BCUT2D eigenvalue weighted by Gasteiger charge is -2.16. The standard InChI is InChI=1S/C6H10Br2O2.C4H6O2/c1-4(2)3-6(7,8)5(9)10;1-3(2)4(5)6/h4H,3H2,1-2H3,(H,9,10);1H2,2H3,(H,5,6). The monoisotopic (exact) mass is 358 g/mol. The number of carboxylic acids is 2. The fourth-order valence-corrected chi connectivity index (χ4v) is 1.90. The fourth-order valence-electron chi connectivity index (χ4n) is 0.600. The second-order valence-corrected chi connectivity index (χ2v) is 7.46. The van der Waals surface area contributed by atoms with Crippen LogP contribution in [0.5, 0.6) is 0 Å². The zero-order valence-corrected chi connectivity index (χ0v) is 12.6. The van der Waals surface area contributed by atoms with E-state index in [-0.39, 0.29) is 5.57 Å². The van der Waals surface area contributed by atoms with Gasteiger partial charge in [-0.05, 0) is 19.3 Å². The maximum atomic E-state index is 10.5. The smallest absolute Gasteiger partial charge is 0.331 e. The van der Waals surface area contributed by atoms with Gasteiger partial charge >= 0.3 is 11.9 Å². The van der Waals surface area contributed by atoms with Crippen LogP contribution in [-0.4, -0.2) is 25.4 Å². The predicted octanol–water partition coefficient (Wildman–Crippen LogP) is 3.25. The molecule has 0 aromatic carbocycles. The van der Waals surface area contributed by atoms with E-state index in [1.54, 1.807) is 0 Å². The Labute approximate surface area is 112 Å². The van der Waals surface area contributed by atoms with E-state index in [0.717, 1.165) is 0 Å². The Bertz CT molecular complexity index is 260. The molecular weight excluding hydrogens is 344 g/mol. The molecular formula is C10H16Br2O4. The average Bonchev–Trinajstić information content (AvgIpc) is 2.01. The zero-order chi connectivity index (χ0) is 13.5. The predicted molar refractivity (Wildman–Crippen MR) is 70.1 cm³/mol. The second kappa shape index (κ2) is 7.84. The van der Waals surface area contributed by atoms with E-state index in [9.17, 15) is 9.59 Å². The van der Waals surface area contributed by atoms with Crippen LogP contribution in [0.25, 0.3) is 0 Å². The van der Waals surface area contributed by atoms with E-state index in [2.05, 4.69) is 38.4 Å². The minimum atomic E-state index is -0.936. The molecule has 4 nitrogen and oxygen atoms in total. The summed E-state index contributed by atoms with van der Waals surface area (Å²) in [5.41, 5.74) is 0.176. The van der Waals surface area contributed by atoms with Gasteiger partial charge in [0.05, 0.1) is 0 Å². The van der Waals surface area contributed by atoms with Gasteiger partial charge in [0.15, 0.2) is 3.23 Å². The second-order valence-electron chi connectivity index (χ2n) is 3.69. The molecule has 0 fully saturated rings. The first-order valence-corrected chi connectivity index (χ1v) is 6.09. The van der Waals surface area contributed by atoms with E-state index in [0.29, 0.717) is 12.3 Å². The van der Waals surface area contributed by atoms with Gasteiger partial charge < -0.3 is 10.2 Å². The Morgan fingerprint density at radius 3 is 1.69 bits per heavy atom. The number of alkyl halides is 2. The molecule has 6 heteroatoms. The minimum absolute atomic E-state index is 0.176. The number of aliphatic carboxylic acids is 2. The first-order chi connectivity index (χ1) is 7.00. The largest absolute Gasteiger partial charge is 0.480 e. The molecule has 0 aliphatic heterocycles. The van der Waals surface area contributed by atoms with E-state index in [1.165, 1.54) is 6.92 Å². The van der Waals surface area contributed by atoms with Crippen LogP contribution in [0.15, 0.2) is 12.2 Å². The summed E-state index contributed by atoms with van der Waals surface area (Å²) >= 11 is 6.13. The summed E-state index contributed by atoms with van der Waals surface area (Å²) in [6, 6.07) is 0. The molecule has 0 aliphatic carbocycles. The Kier molecular flexibility index (Phi) is 8.83. The lowest BCUT2D eigenvalue weighted by molar-refractivity contribution is -0.137. The first kappa shape index (κ1) is 18.0. The molecule has 0 atom stereocenters. The number of carboxylic acid groups (broad SMARTS) is 2. The summed E-state index contributed by atoms with van der Waals surface area (Å²) in [6.45, 7) is 8.55. The van der Waals surface area contributed by atoms with Crippen molar-refractivity contribution >= 4 is 43.8 Å². The molecule has 0 amide bonds.